The Morgan fingerprint density at radius 1 is 1.15 bits per heavy atom. The molecular formula is C19H25N3O5. The zero-order valence-corrected chi connectivity index (χ0v) is 15.2. The lowest BCUT2D eigenvalue weighted by atomic mass is 9.49. The van der Waals surface area contributed by atoms with Gasteiger partial charge in [-0.3, -0.25) is 23.9 Å². The number of amides is 1. The van der Waals surface area contributed by atoms with Crippen LogP contribution in [0.2, 0.25) is 0 Å². The number of esters is 1. The third-order valence-corrected chi connectivity index (χ3v) is 6.39. The lowest BCUT2D eigenvalue weighted by molar-refractivity contribution is -0.149. The fourth-order valence-electron chi connectivity index (χ4n) is 5.74. The van der Waals surface area contributed by atoms with Gasteiger partial charge >= 0.3 is 11.7 Å². The average Bonchev–Trinajstić information content (AvgIpc) is 2.59. The number of nitrogens with zero attached hydrogens (tertiary/aromatic N) is 1. The second kappa shape index (κ2) is 6.98. The van der Waals surface area contributed by atoms with Crippen LogP contribution in [0, 0.1) is 23.2 Å². The summed E-state index contributed by atoms with van der Waals surface area (Å²) in [5.41, 5.74) is -0.989. The molecule has 0 radical (unpaired) electrons. The number of rotatable bonds is 6. The summed E-state index contributed by atoms with van der Waals surface area (Å²) in [6.45, 7) is -0.0482. The van der Waals surface area contributed by atoms with E-state index in [-0.39, 0.29) is 24.5 Å². The van der Waals surface area contributed by atoms with E-state index < -0.39 is 17.2 Å². The summed E-state index contributed by atoms with van der Waals surface area (Å²) in [5, 5.41) is 2.95. The first-order valence-electron chi connectivity index (χ1n) is 9.63. The topological polar surface area (TPSA) is 110 Å². The highest BCUT2D eigenvalue weighted by Gasteiger charge is 2.50. The summed E-state index contributed by atoms with van der Waals surface area (Å²) < 4.78 is 5.99. The van der Waals surface area contributed by atoms with Gasteiger partial charge in [0.15, 0.2) is 6.61 Å². The molecule has 8 heteroatoms. The van der Waals surface area contributed by atoms with E-state index in [0.717, 1.165) is 28.4 Å². The monoisotopic (exact) mass is 375 g/mol. The molecule has 4 fully saturated rings. The smallest absolute Gasteiger partial charge is 0.328 e. The van der Waals surface area contributed by atoms with Crippen molar-refractivity contribution in [2.24, 2.45) is 23.2 Å². The highest BCUT2D eigenvalue weighted by molar-refractivity contribution is 5.80. The van der Waals surface area contributed by atoms with E-state index in [9.17, 15) is 19.2 Å². The molecule has 4 aliphatic rings. The predicted octanol–water partition coefficient (Wildman–Crippen LogP) is 0.412. The number of H-pyrrole nitrogens is 1. The van der Waals surface area contributed by atoms with Gasteiger partial charge in [0.1, 0.15) is 6.54 Å². The molecule has 4 aliphatic carbocycles. The van der Waals surface area contributed by atoms with E-state index in [1.165, 1.54) is 44.7 Å². The summed E-state index contributed by atoms with van der Waals surface area (Å²) >= 11 is 0. The maximum Gasteiger partial charge on any atom is 0.328 e. The Hall–Kier alpha value is -2.38. The van der Waals surface area contributed by atoms with Crippen LogP contribution in [0.15, 0.2) is 21.9 Å². The molecule has 4 saturated carbocycles. The zero-order chi connectivity index (χ0) is 19.0. The lowest BCUT2D eigenvalue weighted by Crippen LogP contribution is -2.51. The van der Waals surface area contributed by atoms with Crippen LogP contribution in [-0.4, -0.2) is 34.6 Å². The van der Waals surface area contributed by atoms with Gasteiger partial charge in [0.05, 0.1) is 0 Å². The number of aromatic amines is 1. The Bertz CT molecular complexity index is 820. The number of nitrogens with one attached hydrogen (secondary N) is 2. The van der Waals surface area contributed by atoms with Crippen LogP contribution in [0.3, 0.4) is 0 Å². The van der Waals surface area contributed by atoms with Gasteiger partial charge in [-0.1, -0.05) is 0 Å². The normalized spacial score (nSPS) is 30.9. The first-order chi connectivity index (χ1) is 12.9. The van der Waals surface area contributed by atoms with Crippen molar-refractivity contribution in [2.75, 3.05) is 13.2 Å². The number of hydrogen-bond acceptors (Lipinski definition) is 5. The van der Waals surface area contributed by atoms with E-state index in [1.54, 1.807) is 0 Å². The molecule has 0 aromatic carbocycles. The molecule has 0 saturated heterocycles. The molecule has 1 amide bonds. The van der Waals surface area contributed by atoms with E-state index in [1.807, 2.05) is 0 Å². The maximum atomic E-state index is 12.1. The van der Waals surface area contributed by atoms with Gasteiger partial charge in [0, 0.05) is 18.8 Å². The van der Waals surface area contributed by atoms with Crippen molar-refractivity contribution in [3.8, 4) is 0 Å². The van der Waals surface area contributed by atoms with Crippen molar-refractivity contribution in [2.45, 2.75) is 45.1 Å². The Morgan fingerprint density at radius 2 is 1.78 bits per heavy atom. The summed E-state index contributed by atoms with van der Waals surface area (Å²) in [4.78, 5) is 48.5. The number of ether oxygens (including phenoxy) is 1. The molecule has 8 nitrogen and oxygen atoms in total. The van der Waals surface area contributed by atoms with Gasteiger partial charge in [-0.25, -0.2) is 4.79 Å². The highest BCUT2D eigenvalue weighted by Crippen LogP contribution is 2.59. The molecule has 0 spiro atoms. The fraction of sp³-hybridized carbons (Fsp3) is 0.684. The Morgan fingerprint density at radius 3 is 2.37 bits per heavy atom. The Labute approximate surface area is 156 Å². The van der Waals surface area contributed by atoms with Crippen LogP contribution in [-0.2, 0) is 20.9 Å². The number of carbonyl (C=O) groups is 2. The quantitative estimate of drug-likeness (QED) is 0.700. The van der Waals surface area contributed by atoms with Crippen molar-refractivity contribution in [1.29, 1.82) is 0 Å². The first-order valence-corrected chi connectivity index (χ1v) is 9.63. The fourth-order valence-corrected chi connectivity index (χ4v) is 5.74. The van der Waals surface area contributed by atoms with Crippen molar-refractivity contribution in [3.63, 3.8) is 0 Å². The van der Waals surface area contributed by atoms with Crippen molar-refractivity contribution in [1.82, 2.24) is 14.9 Å². The highest BCUT2D eigenvalue weighted by atomic mass is 16.5. The van der Waals surface area contributed by atoms with E-state index in [0.29, 0.717) is 6.54 Å². The maximum absolute atomic E-state index is 12.1. The van der Waals surface area contributed by atoms with Crippen molar-refractivity contribution >= 4 is 11.9 Å². The summed E-state index contributed by atoms with van der Waals surface area (Å²) in [6, 6.07) is 1.15. The summed E-state index contributed by atoms with van der Waals surface area (Å²) in [6.07, 6.45) is 8.89. The first kappa shape index (κ1) is 18.0. The molecule has 4 bridgehead atoms. The molecular weight excluding hydrogens is 350 g/mol. The van der Waals surface area contributed by atoms with Gasteiger partial charge < -0.3 is 10.1 Å². The Balaban J connectivity index is 1.23. The third kappa shape index (κ3) is 3.99. The van der Waals surface area contributed by atoms with Crippen molar-refractivity contribution in [3.05, 3.63) is 33.1 Å². The van der Waals surface area contributed by atoms with Crippen LogP contribution in [0.25, 0.3) is 0 Å². The molecule has 0 unspecified atom stereocenters. The van der Waals surface area contributed by atoms with Crippen LogP contribution < -0.4 is 16.6 Å². The van der Waals surface area contributed by atoms with Crippen LogP contribution >= 0.6 is 0 Å². The summed E-state index contributed by atoms with van der Waals surface area (Å²) in [7, 11) is 0. The van der Waals surface area contributed by atoms with Gasteiger partial charge in [0.2, 0.25) is 0 Å². The van der Waals surface area contributed by atoms with E-state index >= 15 is 0 Å². The van der Waals surface area contributed by atoms with Crippen LogP contribution in [0.4, 0.5) is 0 Å². The standard InChI is InChI=1S/C19H25N3O5/c23-15-1-2-22(18(26)21-15)9-17(25)27-10-16(24)20-11-19-6-12-3-13(7-19)5-14(4-12)8-19/h1-2,12-14H,3-11H2,(H,20,24)(H,21,23,26). The zero-order valence-electron chi connectivity index (χ0n) is 15.2. The predicted molar refractivity (Wildman–Crippen MR) is 95.9 cm³/mol. The van der Waals surface area contributed by atoms with E-state index in [2.05, 4.69) is 10.3 Å². The third-order valence-electron chi connectivity index (χ3n) is 6.39. The molecule has 2 N–H and O–H groups in total. The van der Waals surface area contributed by atoms with Crippen LogP contribution in [0.1, 0.15) is 38.5 Å². The van der Waals surface area contributed by atoms with Gasteiger partial charge in [-0.15, -0.1) is 0 Å². The summed E-state index contributed by atoms with van der Waals surface area (Å²) in [5.74, 6) is 1.45. The average molecular weight is 375 g/mol. The minimum Gasteiger partial charge on any atom is -0.454 e. The second-order valence-electron chi connectivity index (χ2n) is 8.59. The number of aromatic nitrogens is 2. The van der Waals surface area contributed by atoms with Gasteiger partial charge in [0.25, 0.3) is 11.5 Å². The molecule has 1 heterocycles. The molecule has 0 atom stereocenters. The SMILES string of the molecule is O=C(COC(=O)Cn1ccc(=O)[nH]c1=O)NCC12CC3CC(CC(C3)C1)C2. The van der Waals surface area contributed by atoms with Crippen LogP contribution in [0.5, 0.6) is 0 Å². The molecule has 0 aliphatic heterocycles. The Kier molecular flexibility index (Phi) is 4.65. The minimum absolute atomic E-state index is 0.234. The van der Waals surface area contributed by atoms with E-state index in [4.69, 9.17) is 4.74 Å². The lowest BCUT2D eigenvalue weighted by Gasteiger charge is -2.56. The molecule has 1 aromatic rings. The van der Waals surface area contributed by atoms with Gasteiger partial charge in [-0.05, 0) is 61.7 Å². The number of carbonyl (C=O) groups excluding carboxylic acids is 2. The largest absolute Gasteiger partial charge is 0.454 e. The van der Waals surface area contributed by atoms with Crippen molar-refractivity contribution < 1.29 is 14.3 Å². The minimum atomic E-state index is -0.700. The number of hydrogen-bond donors (Lipinski definition) is 2. The molecule has 1 aromatic heterocycles. The molecule has 5 rings (SSSR count). The molecule has 146 valence electrons. The van der Waals surface area contributed by atoms with Gasteiger partial charge in [-0.2, -0.15) is 0 Å². The molecule has 27 heavy (non-hydrogen) atoms. The second-order valence-corrected chi connectivity index (χ2v) is 8.59.